The molecule has 6 heteroatoms. The molecular formula is C13H11F3N2O. The summed E-state index contributed by atoms with van der Waals surface area (Å²) in [7, 11) is 0. The molecule has 1 heterocycles. The highest BCUT2D eigenvalue weighted by molar-refractivity contribution is 6.12. The van der Waals surface area contributed by atoms with E-state index in [1.54, 1.807) is 30.3 Å². The van der Waals surface area contributed by atoms with Crippen molar-refractivity contribution in [1.82, 2.24) is 4.98 Å². The van der Waals surface area contributed by atoms with Crippen molar-refractivity contribution in [1.29, 1.82) is 0 Å². The Labute approximate surface area is 107 Å². The fourth-order valence-corrected chi connectivity index (χ4v) is 1.85. The highest BCUT2D eigenvalue weighted by atomic mass is 19.4. The van der Waals surface area contributed by atoms with E-state index in [1.807, 2.05) is 0 Å². The molecule has 3 nitrogen and oxygen atoms in total. The van der Waals surface area contributed by atoms with Crippen LogP contribution in [-0.4, -0.2) is 15.9 Å². The zero-order valence-corrected chi connectivity index (χ0v) is 9.99. The minimum absolute atomic E-state index is 0.138. The lowest BCUT2D eigenvalue weighted by Crippen LogP contribution is -2.13. The molecule has 0 spiro atoms. The van der Waals surface area contributed by atoms with Gasteiger partial charge < -0.3 is 10.2 Å². The minimum atomic E-state index is -4.51. The third-order valence-corrected chi connectivity index (χ3v) is 2.64. The van der Waals surface area contributed by atoms with Gasteiger partial charge in [-0.15, -0.1) is 0 Å². The number of hydrogen-bond acceptors (Lipinski definition) is 2. The second-order valence-corrected chi connectivity index (χ2v) is 4.05. The Kier molecular flexibility index (Phi) is 3.33. The number of nitrogens with one attached hydrogen (secondary N) is 1. The molecule has 0 aliphatic rings. The summed E-state index contributed by atoms with van der Waals surface area (Å²) < 4.78 is 38.8. The Hall–Kier alpha value is -2.24. The van der Waals surface area contributed by atoms with E-state index in [1.165, 1.54) is 6.92 Å². The van der Waals surface area contributed by atoms with Crippen molar-refractivity contribution in [3.63, 3.8) is 0 Å². The maximum Gasteiger partial charge on any atom is 0.418 e. The van der Waals surface area contributed by atoms with Crippen molar-refractivity contribution in [3.05, 3.63) is 58.9 Å². The van der Waals surface area contributed by atoms with Crippen LogP contribution in [0.2, 0.25) is 0 Å². The van der Waals surface area contributed by atoms with Crippen LogP contribution in [0.1, 0.15) is 22.5 Å². The summed E-state index contributed by atoms with van der Waals surface area (Å²) in [5.74, 6) is 0. The molecule has 0 aliphatic heterocycles. The molecule has 0 aliphatic carbocycles. The summed E-state index contributed by atoms with van der Waals surface area (Å²) in [6.45, 7) is 1.51. The van der Waals surface area contributed by atoms with Crippen LogP contribution in [0.25, 0.3) is 0 Å². The summed E-state index contributed by atoms with van der Waals surface area (Å²) >= 11 is 0. The number of aryl methyl sites for hydroxylation is 1. The molecule has 0 amide bonds. The van der Waals surface area contributed by atoms with Gasteiger partial charge in [-0.05, 0) is 13.0 Å². The van der Waals surface area contributed by atoms with Crippen LogP contribution >= 0.6 is 0 Å². The largest absolute Gasteiger partial charge is 0.418 e. The summed E-state index contributed by atoms with van der Waals surface area (Å²) in [4.78, 5) is 2.59. The smallest absolute Gasteiger partial charge is 0.410 e. The first kappa shape index (κ1) is 13.2. The Morgan fingerprint density at radius 2 is 1.84 bits per heavy atom. The average molecular weight is 268 g/mol. The lowest BCUT2D eigenvalue weighted by molar-refractivity contribution is -0.137. The van der Waals surface area contributed by atoms with Crippen molar-refractivity contribution in [2.45, 2.75) is 13.1 Å². The molecule has 2 N–H and O–H groups in total. The number of oxime groups is 1. The van der Waals surface area contributed by atoms with E-state index >= 15 is 0 Å². The maximum atomic E-state index is 12.9. The lowest BCUT2D eigenvalue weighted by atomic mass is 10.0. The van der Waals surface area contributed by atoms with Gasteiger partial charge >= 0.3 is 6.18 Å². The van der Waals surface area contributed by atoms with Gasteiger partial charge in [0.25, 0.3) is 0 Å². The highest BCUT2D eigenvalue weighted by Gasteiger charge is 2.36. The molecule has 0 radical (unpaired) electrons. The van der Waals surface area contributed by atoms with Crippen molar-refractivity contribution >= 4 is 5.71 Å². The van der Waals surface area contributed by atoms with E-state index in [0.29, 0.717) is 11.3 Å². The Bertz CT molecular complexity index is 600. The Morgan fingerprint density at radius 3 is 2.37 bits per heavy atom. The number of rotatable bonds is 2. The van der Waals surface area contributed by atoms with Crippen LogP contribution in [0.3, 0.4) is 0 Å². The molecule has 0 bridgehead atoms. The normalized spacial score (nSPS) is 12.7. The lowest BCUT2D eigenvalue weighted by Gasteiger charge is -2.09. The van der Waals surface area contributed by atoms with Crippen LogP contribution in [-0.2, 0) is 6.18 Å². The van der Waals surface area contributed by atoms with Gasteiger partial charge in [-0.25, -0.2) is 0 Å². The summed E-state index contributed by atoms with van der Waals surface area (Å²) in [5.41, 5.74) is -0.474. The number of nitrogens with zero attached hydrogens (tertiary/aromatic N) is 1. The molecule has 0 unspecified atom stereocenters. The van der Waals surface area contributed by atoms with Crippen molar-refractivity contribution in [2.24, 2.45) is 5.16 Å². The van der Waals surface area contributed by atoms with Gasteiger partial charge in [0, 0.05) is 11.3 Å². The molecule has 2 rings (SSSR count). The molecule has 0 saturated carbocycles. The van der Waals surface area contributed by atoms with Gasteiger partial charge in [0.05, 0.1) is 11.3 Å². The number of aromatic nitrogens is 1. The van der Waals surface area contributed by atoms with E-state index in [4.69, 9.17) is 5.21 Å². The third-order valence-electron chi connectivity index (χ3n) is 2.64. The minimum Gasteiger partial charge on any atom is -0.410 e. The first-order chi connectivity index (χ1) is 8.93. The van der Waals surface area contributed by atoms with E-state index in [2.05, 4.69) is 10.1 Å². The zero-order chi connectivity index (χ0) is 14.0. The highest BCUT2D eigenvalue weighted by Crippen LogP contribution is 2.33. The number of aromatic amines is 1. The van der Waals surface area contributed by atoms with Crippen LogP contribution in [0, 0.1) is 6.92 Å². The second-order valence-electron chi connectivity index (χ2n) is 4.05. The van der Waals surface area contributed by atoms with E-state index < -0.39 is 11.7 Å². The standard InChI is InChI=1S/C13H11F3N2O/c1-8-7-10(13(14,15)16)12(17-8)11(18-19)9-5-3-2-4-6-9/h2-7,17,19H,1H3. The summed E-state index contributed by atoms with van der Waals surface area (Å²) in [5, 5.41) is 12.0. The second kappa shape index (κ2) is 4.79. The summed E-state index contributed by atoms with van der Waals surface area (Å²) in [6, 6.07) is 9.18. The number of H-pyrrole nitrogens is 1. The molecular weight excluding hydrogens is 257 g/mol. The molecule has 1 aromatic heterocycles. The monoisotopic (exact) mass is 268 g/mol. The predicted molar refractivity (Wildman–Crippen MR) is 64.4 cm³/mol. The van der Waals surface area contributed by atoms with Gasteiger partial charge in [0.15, 0.2) is 0 Å². The van der Waals surface area contributed by atoms with E-state index in [9.17, 15) is 13.2 Å². The van der Waals surface area contributed by atoms with E-state index in [0.717, 1.165) is 6.07 Å². The topological polar surface area (TPSA) is 48.4 Å². The van der Waals surface area contributed by atoms with Gasteiger partial charge in [-0.2, -0.15) is 13.2 Å². The first-order valence-electron chi connectivity index (χ1n) is 5.48. The van der Waals surface area contributed by atoms with Gasteiger partial charge in [-0.3, -0.25) is 0 Å². The average Bonchev–Trinajstić information content (AvgIpc) is 2.73. The molecule has 19 heavy (non-hydrogen) atoms. The van der Waals surface area contributed by atoms with Crippen LogP contribution in [0.5, 0.6) is 0 Å². The SMILES string of the molecule is Cc1cc(C(F)(F)F)c(C(=NO)c2ccccc2)[nH]1. The number of hydrogen-bond donors (Lipinski definition) is 2. The van der Waals surface area contributed by atoms with Crippen molar-refractivity contribution in [2.75, 3.05) is 0 Å². The first-order valence-corrected chi connectivity index (χ1v) is 5.48. The van der Waals surface area contributed by atoms with Gasteiger partial charge in [0.1, 0.15) is 5.71 Å². The summed E-state index contributed by atoms with van der Waals surface area (Å²) in [6.07, 6.45) is -4.51. The maximum absolute atomic E-state index is 12.9. The fourth-order valence-electron chi connectivity index (χ4n) is 1.85. The molecule has 0 atom stereocenters. The van der Waals surface area contributed by atoms with Gasteiger partial charge in [-0.1, -0.05) is 35.5 Å². The fraction of sp³-hybridized carbons (Fsp3) is 0.154. The Balaban J connectivity index is 2.58. The van der Waals surface area contributed by atoms with Crippen LogP contribution < -0.4 is 0 Å². The van der Waals surface area contributed by atoms with Crippen molar-refractivity contribution in [3.8, 4) is 0 Å². The third kappa shape index (κ3) is 2.62. The number of halogens is 3. The molecule has 100 valence electrons. The quantitative estimate of drug-likeness (QED) is 0.488. The number of alkyl halides is 3. The number of benzene rings is 1. The molecule has 0 fully saturated rings. The Morgan fingerprint density at radius 1 is 1.21 bits per heavy atom. The van der Waals surface area contributed by atoms with Crippen LogP contribution in [0.15, 0.2) is 41.6 Å². The zero-order valence-electron chi connectivity index (χ0n) is 9.99. The van der Waals surface area contributed by atoms with E-state index in [-0.39, 0.29) is 11.4 Å². The molecule has 2 aromatic rings. The van der Waals surface area contributed by atoms with Gasteiger partial charge in [0.2, 0.25) is 0 Å². The van der Waals surface area contributed by atoms with Crippen LogP contribution in [0.4, 0.5) is 13.2 Å². The predicted octanol–water partition coefficient (Wildman–Crippen LogP) is 3.57. The van der Waals surface area contributed by atoms with Crippen molar-refractivity contribution < 1.29 is 18.4 Å². The molecule has 0 saturated heterocycles. The molecule has 1 aromatic carbocycles.